The summed E-state index contributed by atoms with van der Waals surface area (Å²) in [6.07, 6.45) is -0.298. The van der Waals surface area contributed by atoms with Crippen LogP contribution in [0.2, 0.25) is 0 Å². The van der Waals surface area contributed by atoms with E-state index in [0.29, 0.717) is 12.4 Å². The van der Waals surface area contributed by atoms with Gasteiger partial charge in [0.2, 0.25) is 5.82 Å². The fourth-order valence-electron chi connectivity index (χ4n) is 1.88. The van der Waals surface area contributed by atoms with Crippen LogP contribution in [-0.4, -0.2) is 21.9 Å². The Hall–Kier alpha value is -1.95. The van der Waals surface area contributed by atoms with Crippen molar-refractivity contribution in [1.29, 1.82) is 0 Å². The lowest BCUT2D eigenvalue weighted by Crippen LogP contribution is -2.12. The van der Waals surface area contributed by atoms with Crippen molar-refractivity contribution in [3.63, 3.8) is 0 Å². The molecule has 0 saturated heterocycles. The van der Waals surface area contributed by atoms with Gasteiger partial charge in [-0.15, -0.1) is 0 Å². The maximum absolute atomic E-state index is 13.2. The molecule has 0 aliphatic carbocycles. The Bertz CT molecular complexity index is 584. The topological polar surface area (TPSA) is 68.4 Å². The Kier molecular flexibility index (Phi) is 4.34. The van der Waals surface area contributed by atoms with Gasteiger partial charge < -0.3 is 14.4 Å². The maximum atomic E-state index is 13.2. The summed E-state index contributed by atoms with van der Waals surface area (Å²) in [7, 11) is 0. The van der Waals surface area contributed by atoms with Gasteiger partial charge in [-0.05, 0) is 31.0 Å². The molecule has 1 unspecified atom stereocenters. The molecular formula is C14H17FN2O3. The second-order valence-electron chi connectivity index (χ2n) is 4.74. The minimum Gasteiger partial charge on any atom is -0.507 e. The number of benzene rings is 1. The van der Waals surface area contributed by atoms with Crippen molar-refractivity contribution < 1.29 is 18.8 Å². The van der Waals surface area contributed by atoms with Crippen LogP contribution in [0.3, 0.4) is 0 Å². The van der Waals surface area contributed by atoms with Crippen molar-refractivity contribution >= 4 is 0 Å². The van der Waals surface area contributed by atoms with Crippen LogP contribution in [-0.2, 0) is 4.74 Å². The van der Waals surface area contributed by atoms with E-state index >= 15 is 0 Å². The van der Waals surface area contributed by atoms with Gasteiger partial charge in [0, 0.05) is 6.61 Å². The van der Waals surface area contributed by atoms with Crippen LogP contribution < -0.4 is 0 Å². The fraction of sp³-hybridized carbons (Fsp3) is 0.429. The lowest BCUT2D eigenvalue weighted by atomic mass is 10.1. The summed E-state index contributed by atoms with van der Waals surface area (Å²) >= 11 is 0. The van der Waals surface area contributed by atoms with Crippen molar-refractivity contribution in [1.82, 2.24) is 10.1 Å². The molecule has 0 spiro atoms. The van der Waals surface area contributed by atoms with Gasteiger partial charge in [-0.1, -0.05) is 19.0 Å². The second-order valence-corrected chi connectivity index (χ2v) is 4.74. The second kappa shape index (κ2) is 6.00. The predicted molar refractivity (Wildman–Crippen MR) is 70.6 cm³/mol. The van der Waals surface area contributed by atoms with Crippen LogP contribution in [0.1, 0.15) is 32.7 Å². The van der Waals surface area contributed by atoms with E-state index in [4.69, 9.17) is 9.26 Å². The summed E-state index contributed by atoms with van der Waals surface area (Å²) in [5, 5.41) is 13.6. The van der Waals surface area contributed by atoms with E-state index in [9.17, 15) is 9.50 Å². The number of phenolic OH excluding ortho intramolecular Hbond substituents is 1. The first-order valence-corrected chi connectivity index (χ1v) is 6.47. The molecule has 1 N–H and O–H groups in total. The summed E-state index contributed by atoms with van der Waals surface area (Å²) in [6, 6.07) is 3.56. The van der Waals surface area contributed by atoms with Crippen LogP contribution in [0.15, 0.2) is 22.7 Å². The zero-order chi connectivity index (χ0) is 14.7. The number of ether oxygens (including phenoxy) is 1. The molecule has 2 rings (SSSR count). The van der Waals surface area contributed by atoms with E-state index in [2.05, 4.69) is 10.1 Å². The van der Waals surface area contributed by atoms with Gasteiger partial charge in [0.15, 0.2) is 0 Å². The molecule has 0 amide bonds. The third-order valence-electron chi connectivity index (χ3n) is 2.84. The molecule has 108 valence electrons. The Morgan fingerprint density at radius 1 is 1.40 bits per heavy atom. The van der Waals surface area contributed by atoms with Crippen LogP contribution in [0.5, 0.6) is 5.75 Å². The minimum absolute atomic E-state index is 0.0716. The van der Waals surface area contributed by atoms with Crippen molar-refractivity contribution in [2.24, 2.45) is 5.92 Å². The number of hydrogen-bond acceptors (Lipinski definition) is 5. The largest absolute Gasteiger partial charge is 0.507 e. The summed E-state index contributed by atoms with van der Waals surface area (Å²) in [6.45, 7) is 6.37. The summed E-state index contributed by atoms with van der Waals surface area (Å²) in [4.78, 5) is 4.19. The fourth-order valence-corrected chi connectivity index (χ4v) is 1.88. The van der Waals surface area contributed by atoms with Crippen molar-refractivity contribution in [2.45, 2.75) is 26.9 Å². The van der Waals surface area contributed by atoms with E-state index in [1.807, 2.05) is 20.8 Å². The van der Waals surface area contributed by atoms with Gasteiger partial charge in [0.25, 0.3) is 5.89 Å². The first-order valence-electron chi connectivity index (χ1n) is 6.47. The molecule has 0 fully saturated rings. The Morgan fingerprint density at radius 3 is 2.80 bits per heavy atom. The van der Waals surface area contributed by atoms with E-state index in [1.54, 1.807) is 0 Å². The summed E-state index contributed by atoms with van der Waals surface area (Å²) in [5.74, 6) is 0.0336. The van der Waals surface area contributed by atoms with E-state index in [0.717, 1.165) is 12.1 Å². The van der Waals surface area contributed by atoms with Gasteiger partial charge in [-0.3, -0.25) is 0 Å². The highest BCUT2D eigenvalue weighted by molar-refractivity contribution is 5.61. The number of nitrogens with zero attached hydrogens (tertiary/aromatic N) is 2. The Morgan fingerprint density at radius 2 is 2.15 bits per heavy atom. The van der Waals surface area contributed by atoms with Crippen molar-refractivity contribution in [2.75, 3.05) is 6.61 Å². The van der Waals surface area contributed by atoms with Gasteiger partial charge >= 0.3 is 0 Å². The van der Waals surface area contributed by atoms with Crippen molar-refractivity contribution in [3.05, 3.63) is 29.8 Å². The Balaban J connectivity index is 2.34. The number of phenols is 1. The van der Waals surface area contributed by atoms with Crippen molar-refractivity contribution in [3.8, 4) is 17.2 Å². The average molecular weight is 280 g/mol. The molecule has 0 aliphatic heterocycles. The predicted octanol–water partition coefficient (Wildman–Crippen LogP) is 3.31. The molecule has 1 heterocycles. The maximum Gasteiger partial charge on any atom is 0.261 e. The standard InChI is InChI=1S/C14H17FN2O3/c1-4-19-12(8(2)3)13-16-14(20-17-13)10-7-9(15)5-6-11(10)18/h5-8,12,18H,4H2,1-3H3. The lowest BCUT2D eigenvalue weighted by Gasteiger charge is -2.16. The normalized spacial score (nSPS) is 12.8. The van der Waals surface area contributed by atoms with E-state index in [1.165, 1.54) is 6.07 Å². The first-order chi connectivity index (χ1) is 9.52. The molecule has 1 aromatic carbocycles. The highest BCUT2D eigenvalue weighted by Gasteiger charge is 2.23. The Labute approximate surface area is 116 Å². The third-order valence-corrected chi connectivity index (χ3v) is 2.84. The molecule has 20 heavy (non-hydrogen) atoms. The summed E-state index contributed by atoms with van der Waals surface area (Å²) < 4.78 is 23.9. The molecule has 1 aromatic heterocycles. The molecule has 1 atom stereocenters. The van der Waals surface area contributed by atoms with Crippen LogP contribution in [0.4, 0.5) is 4.39 Å². The van der Waals surface area contributed by atoms with Crippen LogP contribution in [0.25, 0.3) is 11.5 Å². The first kappa shape index (κ1) is 14.5. The number of aromatic nitrogens is 2. The highest BCUT2D eigenvalue weighted by atomic mass is 19.1. The SMILES string of the molecule is CCOC(c1noc(-c2cc(F)ccc2O)n1)C(C)C. The molecule has 5 nitrogen and oxygen atoms in total. The lowest BCUT2D eigenvalue weighted by molar-refractivity contribution is 0.0217. The zero-order valence-electron chi connectivity index (χ0n) is 11.6. The quantitative estimate of drug-likeness (QED) is 0.910. The number of hydrogen-bond donors (Lipinski definition) is 1. The number of aromatic hydroxyl groups is 1. The third kappa shape index (κ3) is 2.96. The molecular weight excluding hydrogens is 263 g/mol. The number of halogens is 1. The highest BCUT2D eigenvalue weighted by Crippen LogP contribution is 2.31. The van der Waals surface area contributed by atoms with Gasteiger partial charge in [0.1, 0.15) is 17.7 Å². The van der Waals surface area contributed by atoms with Gasteiger partial charge in [-0.25, -0.2) is 4.39 Å². The molecule has 6 heteroatoms. The smallest absolute Gasteiger partial charge is 0.261 e. The molecule has 0 aliphatic rings. The summed E-state index contributed by atoms with van der Waals surface area (Å²) in [5.41, 5.74) is 0.169. The number of rotatable bonds is 5. The monoisotopic (exact) mass is 280 g/mol. The van der Waals surface area contributed by atoms with Crippen LogP contribution in [0, 0.1) is 11.7 Å². The van der Waals surface area contributed by atoms with E-state index in [-0.39, 0.29) is 29.2 Å². The molecule has 0 saturated carbocycles. The van der Waals surface area contributed by atoms with Gasteiger partial charge in [-0.2, -0.15) is 4.98 Å². The molecule has 2 aromatic rings. The van der Waals surface area contributed by atoms with Gasteiger partial charge in [0.05, 0.1) is 5.56 Å². The molecule has 0 bridgehead atoms. The average Bonchev–Trinajstić information content (AvgIpc) is 2.87. The van der Waals surface area contributed by atoms with Crippen LogP contribution >= 0.6 is 0 Å². The zero-order valence-corrected chi connectivity index (χ0v) is 11.6. The minimum atomic E-state index is -0.484. The molecule has 0 radical (unpaired) electrons. The van der Waals surface area contributed by atoms with E-state index < -0.39 is 5.82 Å².